The zero-order valence-corrected chi connectivity index (χ0v) is 9.40. The predicted octanol–water partition coefficient (Wildman–Crippen LogP) is 2.37. The molecule has 0 aliphatic heterocycles. The number of nitrogens with zero attached hydrogens (tertiary/aromatic N) is 1. The van der Waals surface area contributed by atoms with E-state index in [1.807, 2.05) is 37.3 Å². The van der Waals surface area contributed by atoms with Gasteiger partial charge >= 0.3 is 0 Å². The average Bonchev–Trinajstić information content (AvgIpc) is 2.75. The summed E-state index contributed by atoms with van der Waals surface area (Å²) in [6, 6.07) is 9.95. The Kier molecular flexibility index (Phi) is 2.92. The molecule has 0 aliphatic rings. The molecule has 1 aromatic heterocycles. The van der Waals surface area contributed by atoms with Crippen LogP contribution in [0.15, 0.2) is 30.3 Å². The molecule has 0 fully saturated rings. The summed E-state index contributed by atoms with van der Waals surface area (Å²) in [4.78, 5) is 0. The third-order valence-corrected chi connectivity index (χ3v) is 2.64. The van der Waals surface area contributed by atoms with Gasteiger partial charge in [0, 0.05) is 13.2 Å². The zero-order chi connectivity index (χ0) is 11.5. The fraction of sp³-hybridized carbons (Fsp3) is 0.250. The van der Waals surface area contributed by atoms with E-state index in [9.17, 15) is 0 Å². The molecular weight excluding hydrogens is 202 g/mol. The molecular formula is C12H15N3O. The highest BCUT2D eigenvalue weighted by molar-refractivity contribution is 5.62. The number of anilines is 1. The van der Waals surface area contributed by atoms with Gasteiger partial charge in [-0.1, -0.05) is 24.3 Å². The summed E-state index contributed by atoms with van der Waals surface area (Å²) >= 11 is 0. The van der Waals surface area contributed by atoms with Crippen LogP contribution in [0.2, 0.25) is 0 Å². The van der Waals surface area contributed by atoms with Crippen LogP contribution in [-0.4, -0.2) is 17.3 Å². The van der Waals surface area contributed by atoms with Crippen molar-refractivity contribution in [3.05, 3.63) is 35.9 Å². The first-order chi connectivity index (χ1) is 7.70. The lowest BCUT2D eigenvalue weighted by Crippen LogP contribution is -1.94. The topological polar surface area (TPSA) is 63.9 Å². The maximum Gasteiger partial charge on any atom is 0.145 e. The van der Waals surface area contributed by atoms with Crippen molar-refractivity contribution in [2.45, 2.75) is 13.0 Å². The average molecular weight is 217 g/mol. The standard InChI is InChI=1S/C12H15N3O/c1-8(16-2)9-3-5-10(6-4-9)11-7-12(13)15-14-11/h3-8H,1-2H3,(H3,13,14,15). The first-order valence-corrected chi connectivity index (χ1v) is 5.14. The second-order valence-electron chi connectivity index (χ2n) is 3.71. The number of rotatable bonds is 3. The van der Waals surface area contributed by atoms with Crippen LogP contribution in [-0.2, 0) is 4.74 Å². The molecule has 1 unspecified atom stereocenters. The van der Waals surface area contributed by atoms with E-state index in [1.54, 1.807) is 7.11 Å². The van der Waals surface area contributed by atoms with Crippen molar-refractivity contribution in [3.8, 4) is 11.3 Å². The monoisotopic (exact) mass is 217 g/mol. The number of benzene rings is 1. The molecule has 2 rings (SSSR count). The minimum atomic E-state index is 0.112. The maximum absolute atomic E-state index is 5.55. The normalized spacial score (nSPS) is 12.6. The number of hydrogen-bond donors (Lipinski definition) is 2. The third kappa shape index (κ3) is 2.06. The number of nitrogens with one attached hydrogen (secondary N) is 1. The maximum atomic E-state index is 5.55. The van der Waals surface area contributed by atoms with Crippen LogP contribution in [0, 0.1) is 0 Å². The highest BCUT2D eigenvalue weighted by Gasteiger charge is 2.05. The Balaban J connectivity index is 2.25. The second-order valence-corrected chi connectivity index (χ2v) is 3.71. The van der Waals surface area contributed by atoms with E-state index >= 15 is 0 Å². The van der Waals surface area contributed by atoms with Crippen LogP contribution in [0.1, 0.15) is 18.6 Å². The van der Waals surface area contributed by atoms with Gasteiger partial charge < -0.3 is 10.5 Å². The van der Waals surface area contributed by atoms with E-state index in [-0.39, 0.29) is 6.10 Å². The minimum Gasteiger partial charge on any atom is -0.382 e. The summed E-state index contributed by atoms with van der Waals surface area (Å²) in [5, 5.41) is 6.77. The molecule has 3 N–H and O–H groups in total. The zero-order valence-electron chi connectivity index (χ0n) is 9.40. The van der Waals surface area contributed by atoms with Gasteiger partial charge in [0.15, 0.2) is 0 Å². The van der Waals surface area contributed by atoms with Crippen molar-refractivity contribution in [2.75, 3.05) is 12.8 Å². The van der Waals surface area contributed by atoms with Gasteiger partial charge in [-0.05, 0) is 18.1 Å². The number of methoxy groups -OCH3 is 1. The molecule has 0 saturated carbocycles. The van der Waals surface area contributed by atoms with Gasteiger partial charge in [-0.25, -0.2) is 0 Å². The number of aromatic nitrogens is 2. The first kappa shape index (κ1) is 10.7. The van der Waals surface area contributed by atoms with Gasteiger partial charge in [-0.3, -0.25) is 5.10 Å². The van der Waals surface area contributed by atoms with Gasteiger partial charge in [-0.2, -0.15) is 5.10 Å². The van der Waals surface area contributed by atoms with Crippen molar-refractivity contribution in [1.82, 2.24) is 10.2 Å². The predicted molar refractivity (Wildman–Crippen MR) is 63.9 cm³/mol. The fourth-order valence-corrected chi connectivity index (χ4v) is 1.55. The molecule has 0 amide bonds. The Labute approximate surface area is 94.4 Å². The fourth-order valence-electron chi connectivity index (χ4n) is 1.55. The van der Waals surface area contributed by atoms with Gasteiger partial charge in [0.25, 0.3) is 0 Å². The molecule has 1 heterocycles. The van der Waals surface area contributed by atoms with E-state index < -0.39 is 0 Å². The third-order valence-electron chi connectivity index (χ3n) is 2.64. The minimum absolute atomic E-state index is 0.112. The van der Waals surface area contributed by atoms with Crippen LogP contribution in [0.3, 0.4) is 0 Å². The highest BCUT2D eigenvalue weighted by atomic mass is 16.5. The van der Waals surface area contributed by atoms with E-state index in [0.717, 1.165) is 16.8 Å². The van der Waals surface area contributed by atoms with Crippen molar-refractivity contribution in [3.63, 3.8) is 0 Å². The molecule has 0 spiro atoms. The van der Waals surface area contributed by atoms with E-state index in [1.165, 1.54) is 0 Å². The SMILES string of the molecule is COC(C)c1ccc(-c2cc(N)n[nH]2)cc1. The summed E-state index contributed by atoms with van der Waals surface area (Å²) in [5.74, 6) is 0.504. The van der Waals surface area contributed by atoms with Crippen molar-refractivity contribution in [2.24, 2.45) is 0 Å². The molecule has 16 heavy (non-hydrogen) atoms. The van der Waals surface area contributed by atoms with E-state index in [4.69, 9.17) is 10.5 Å². The summed E-state index contributed by atoms with van der Waals surface area (Å²) < 4.78 is 5.25. The van der Waals surface area contributed by atoms with Crippen LogP contribution >= 0.6 is 0 Å². The molecule has 0 saturated heterocycles. The number of H-pyrrole nitrogens is 1. The summed E-state index contributed by atoms with van der Waals surface area (Å²) in [6.45, 7) is 2.02. The summed E-state index contributed by atoms with van der Waals surface area (Å²) in [5.41, 5.74) is 8.70. The van der Waals surface area contributed by atoms with Crippen molar-refractivity contribution < 1.29 is 4.74 Å². The lowest BCUT2D eigenvalue weighted by molar-refractivity contribution is 0.119. The molecule has 84 valence electrons. The Morgan fingerprint density at radius 1 is 1.31 bits per heavy atom. The molecule has 1 aromatic carbocycles. The molecule has 2 aromatic rings. The highest BCUT2D eigenvalue weighted by Crippen LogP contribution is 2.22. The van der Waals surface area contributed by atoms with Gasteiger partial charge in [0.1, 0.15) is 5.82 Å². The van der Waals surface area contributed by atoms with Crippen LogP contribution in [0.25, 0.3) is 11.3 Å². The quantitative estimate of drug-likeness (QED) is 0.829. The Morgan fingerprint density at radius 2 is 2.00 bits per heavy atom. The molecule has 0 bridgehead atoms. The first-order valence-electron chi connectivity index (χ1n) is 5.14. The Bertz CT molecular complexity index is 461. The smallest absolute Gasteiger partial charge is 0.145 e. The summed E-state index contributed by atoms with van der Waals surface area (Å²) in [6.07, 6.45) is 0.112. The van der Waals surface area contributed by atoms with Gasteiger partial charge in [0.05, 0.1) is 11.8 Å². The van der Waals surface area contributed by atoms with Crippen LogP contribution < -0.4 is 5.73 Å². The van der Waals surface area contributed by atoms with Crippen molar-refractivity contribution >= 4 is 5.82 Å². The number of ether oxygens (including phenoxy) is 1. The molecule has 0 aliphatic carbocycles. The molecule has 0 radical (unpaired) electrons. The number of nitrogens with two attached hydrogens (primary N) is 1. The van der Waals surface area contributed by atoms with Gasteiger partial charge in [0.2, 0.25) is 0 Å². The number of hydrogen-bond acceptors (Lipinski definition) is 3. The van der Waals surface area contributed by atoms with Gasteiger partial charge in [-0.15, -0.1) is 0 Å². The van der Waals surface area contributed by atoms with Crippen molar-refractivity contribution in [1.29, 1.82) is 0 Å². The van der Waals surface area contributed by atoms with E-state index in [2.05, 4.69) is 10.2 Å². The van der Waals surface area contributed by atoms with Crippen LogP contribution in [0.4, 0.5) is 5.82 Å². The van der Waals surface area contributed by atoms with E-state index in [0.29, 0.717) is 5.82 Å². The molecule has 1 atom stereocenters. The largest absolute Gasteiger partial charge is 0.382 e. The van der Waals surface area contributed by atoms with Crippen LogP contribution in [0.5, 0.6) is 0 Å². The Morgan fingerprint density at radius 3 is 2.50 bits per heavy atom. The summed E-state index contributed by atoms with van der Waals surface area (Å²) in [7, 11) is 1.70. The molecule has 4 nitrogen and oxygen atoms in total. The Hall–Kier alpha value is -1.81. The number of nitrogen functional groups attached to an aromatic ring is 1. The second kappa shape index (κ2) is 4.37. The molecule has 4 heteroatoms. The number of aromatic amines is 1. The lowest BCUT2D eigenvalue weighted by Gasteiger charge is -2.09. The lowest BCUT2D eigenvalue weighted by atomic mass is 10.1.